The molecule has 1 saturated heterocycles. The molecule has 1 aliphatic heterocycles. The Balaban J connectivity index is 2.40. The molecule has 3 nitrogen and oxygen atoms in total. The Morgan fingerprint density at radius 3 is 2.91 bits per heavy atom. The van der Waals surface area contributed by atoms with Crippen LogP contribution in [0.1, 0.15) is 19.8 Å². The van der Waals surface area contributed by atoms with Gasteiger partial charge in [0, 0.05) is 6.54 Å². The fourth-order valence-corrected chi connectivity index (χ4v) is 1.49. The lowest BCUT2D eigenvalue weighted by molar-refractivity contribution is -0.111. The largest absolute Gasteiger partial charge is 0.393 e. The lowest BCUT2D eigenvalue weighted by Crippen LogP contribution is -2.47. The minimum Gasteiger partial charge on any atom is -0.393 e. The highest BCUT2D eigenvalue weighted by Crippen LogP contribution is 2.16. The van der Waals surface area contributed by atoms with E-state index in [1.807, 2.05) is 0 Å². The first-order valence-corrected chi connectivity index (χ1v) is 4.14. The fourth-order valence-electron chi connectivity index (χ4n) is 1.49. The van der Waals surface area contributed by atoms with E-state index in [0.717, 1.165) is 19.3 Å². The maximum absolute atomic E-state index is 10.3. The third-order valence-corrected chi connectivity index (χ3v) is 2.37. The van der Waals surface area contributed by atoms with Crippen LogP contribution in [0.2, 0.25) is 0 Å². The molecule has 0 radical (unpaired) electrons. The number of aldehydes is 1. The number of piperidine rings is 1. The SMILES string of the molecule is CCC1CNC(C=O)CC1O. The zero-order valence-electron chi connectivity index (χ0n) is 6.79. The van der Waals surface area contributed by atoms with Gasteiger partial charge < -0.3 is 15.2 Å². The first-order chi connectivity index (χ1) is 5.27. The Bertz CT molecular complexity index is 138. The smallest absolute Gasteiger partial charge is 0.136 e. The second-order valence-corrected chi connectivity index (χ2v) is 3.12. The normalized spacial score (nSPS) is 38.5. The van der Waals surface area contributed by atoms with Crippen molar-refractivity contribution in [1.82, 2.24) is 5.32 Å². The van der Waals surface area contributed by atoms with Crippen molar-refractivity contribution in [2.45, 2.75) is 31.9 Å². The van der Waals surface area contributed by atoms with E-state index in [-0.39, 0.29) is 12.1 Å². The molecule has 11 heavy (non-hydrogen) atoms. The van der Waals surface area contributed by atoms with Crippen molar-refractivity contribution in [2.75, 3.05) is 6.54 Å². The highest BCUT2D eigenvalue weighted by molar-refractivity contribution is 5.57. The number of hydrogen-bond acceptors (Lipinski definition) is 3. The van der Waals surface area contributed by atoms with Crippen molar-refractivity contribution >= 4 is 6.29 Å². The number of hydrogen-bond donors (Lipinski definition) is 2. The van der Waals surface area contributed by atoms with Gasteiger partial charge in [-0.15, -0.1) is 0 Å². The summed E-state index contributed by atoms with van der Waals surface area (Å²) in [6.45, 7) is 2.82. The van der Waals surface area contributed by atoms with E-state index in [1.165, 1.54) is 0 Å². The Hall–Kier alpha value is -0.410. The standard InChI is InChI=1S/C8H15NO2/c1-2-6-4-9-7(5-10)3-8(6)11/h5-9,11H,2-4H2,1H3. The molecular formula is C8H15NO2. The summed E-state index contributed by atoms with van der Waals surface area (Å²) in [5.74, 6) is 0.325. The van der Waals surface area contributed by atoms with Crippen molar-refractivity contribution in [3.63, 3.8) is 0 Å². The lowest BCUT2D eigenvalue weighted by Gasteiger charge is -2.30. The molecule has 1 heterocycles. The molecule has 0 amide bonds. The van der Waals surface area contributed by atoms with Crippen LogP contribution in [0.15, 0.2) is 0 Å². The second-order valence-electron chi connectivity index (χ2n) is 3.12. The molecule has 1 fully saturated rings. The Morgan fingerprint density at radius 2 is 2.45 bits per heavy atom. The van der Waals surface area contributed by atoms with E-state index < -0.39 is 0 Å². The Kier molecular flexibility index (Phi) is 3.02. The molecule has 0 aromatic heterocycles. The molecule has 1 rings (SSSR count). The summed E-state index contributed by atoms with van der Waals surface area (Å²) in [4.78, 5) is 10.3. The van der Waals surface area contributed by atoms with Crippen LogP contribution in [0, 0.1) is 5.92 Å². The van der Waals surface area contributed by atoms with Crippen LogP contribution in [0.4, 0.5) is 0 Å². The number of nitrogens with one attached hydrogen (secondary N) is 1. The monoisotopic (exact) mass is 157 g/mol. The van der Waals surface area contributed by atoms with Gasteiger partial charge in [-0.1, -0.05) is 6.92 Å². The first-order valence-electron chi connectivity index (χ1n) is 4.14. The van der Waals surface area contributed by atoms with E-state index in [4.69, 9.17) is 0 Å². The number of aliphatic hydroxyl groups excluding tert-OH is 1. The molecule has 3 unspecified atom stereocenters. The molecule has 3 heteroatoms. The van der Waals surface area contributed by atoms with Gasteiger partial charge in [-0.3, -0.25) is 0 Å². The van der Waals surface area contributed by atoms with Gasteiger partial charge in [0.05, 0.1) is 12.1 Å². The highest BCUT2D eigenvalue weighted by Gasteiger charge is 2.26. The van der Waals surface area contributed by atoms with Crippen LogP contribution < -0.4 is 5.32 Å². The average Bonchev–Trinajstić information content (AvgIpc) is 2.04. The van der Waals surface area contributed by atoms with E-state index in [9.17, 15) is 9.90 Å². The van der Waals surface area contributed by atoms with E-state index in [0.29, 0.717) is 12.3 Å². The molecule has 0 bridgehead atoms. The van der Waals surface area contributed by atoms with Crippen LogP contribution in [0.3, 0.4) is 0 Å². The van der Waals surface area contributed by atoms with Crippen LogP contribution in [0.5, 0.6) is 0 Å². The molecular weight excluding hydrogens is 142 g/mol. The maximum Gasteiger partial charge on any atom is 0.136 e. The summed E-state index contributed by atoms with van der Waals surface area (Å²) in [6, 6.07) is -0.132. The minimum atomic E-state index is -0.295. The minimum absolute atomic E-state index is 0.132. The molecule has 0 spiro atoms. The molecule has 2 N–H and O–H groups in total. The van der Waals surface area contributed by atoms with Crippen molar-refractivity contribution in [3.05, 3.63) is 0 Å². The highest BCUT2D eigenvalue weighted by atomic mass is 16.3. The summed E-state index contributed by atoms with van der Waals surface area (Å²) in [5.41, 5.74) is 0. The molecule has 3 atom stereocenters. The Morgan fingerprint density at radius 1 is 1.73 bits per heavy atom. The van der Waals surface area contributed by atoms with E-state index >= 15 is 0 Å². The number of rotatable bonds is 2. The van der Waals surface area contributed by atoms with Crippen molar-refractivity contribution in [2.24, 2.45) is 5.92 Å². The third-order valence-electron chi connectivity index (χ3n) is 2.37. The second kappa shape index (κ2) is 3.83. The Labute approximate surface area is 66.8 Å². The van der Waals surface area contributed by atoms with Crippen molar-refractivity contribution < 1.29 is 9.90 Å². The van der Waals surface area contributed by atoms with Crippen LogP contribution in [0.25, 0.3) is 0 Å². The lowest BCUT2D eigenvalue weighted by atomic mass is 9.90. The third kappa shape index (κ3) is 2.01. The summed E-state index contributed by atoms with van der Waals surface area (Å²) < 4.78 is 0. The predicted octanol–water partition coefficient (Wildman–Crippen LogP) is -0.0657. The number of aliphatic hydroxyl groups is 1. The molecule has 64 valence electrons. The molecule has 0 aromatic carbocycles. The first kappa shape index (κ1) is 8.68. The van der Waals surface area contributed by atoms with Gasteiger partial charge in [-0.25, -0.2) is 0 Å². The average molecular weight is 157 g/mol. The van der Waals surface area contributed by atoms with E-state index in [1.54, 1.807) is 0 Å². The molecule has 0 aromatic rings. The van der Waals surface area contributed by atoms with Crippen molar-refractivity contribution in [3.8, 4) is 0 Å². The fraction of sp³-hybridized carbons (Fsp3) is 0.875. The van der Waals surface area contributed by atoms with Gasteiger partial charge in [0.15, 0.2) is 0 Å². The van der Waals surface area contributed by atoms with E-state index in [2.05, 4.69) is 12.2 Å². The topological polar surface area (TPSA) is 49.3 Å². The summed E-state index contributed by atoms with van der Waals surface area (Å²) >= 11 is 0. The van der Waals surface area contributed by atoms with Gasteiger partial charge in [0.1, 0.15) is 6.29 Å². The molecule has 0 saturated carbocycles. The summed E-state index contributed by atoms with van der Waals surface area (Å²) in [5, 5.41) is 12.5. The van der Waals surface area contributed by atoms with Crippen LogP contribution in [-0.4, -0.2) is 30.1 Å². The van der Waals surface area contributed by atoms with Gasteiger partial charge in [0.2, 0.25) is 0 Å². The van der Waals surface area contributed by atoms with Gasteiger partial charge >= 0.3 is 0 Å². The quantitative estimate of drug-likeness (QED) is 0.552. The van der Waals surface area contributed by atoms with Crippen LogP contribution in [-0.2, 0) is 4.79 Å². The van der Waals surface area contributed by atoms with Crippen molar-refractivity contribution in [1.29, 1.82) is 0 Å². The molecule has 1 aliphatic rings. The zero-order chi connectivity index (χ0) is 8.27. The zero-order valence-corrected chi connectivity index (χ0v) is 6.79. The molecule has 0 aliphatic carbocycles. The number of carbonyl (C=O) groups is 1. The maximum atomic E-state index is 10.3. The number of carbonyl (C=O) groups excluding carboxylic acids is 1. The van der Waals surface area contributed by atoms with Gasteiger partial charge in [-0.05, 0) is 18.8 Å². The summed E-state index contributed by atoms with van der Waals surface area (Å²) in [6.07, 6.45) is 2.12. The van der Waals surface area contributed by atoms with Gasteiger partial charge in [-0.2, -0.15) is 0 Å². The summed E-state index contributed by atoms with van der Waals surface area (Å²) in [7, 11) is 0. The van der Waals surface area contributed by atoms with Gasteiger partial charge in [0.25, 0.3) is 0 Å². The van der Waals surface area contributed by atoms with Crippen LogP contribution >= 0.6 is 0 Å². The predicted molar refractivity (Wildman–Crippen MR) is 42.3 cm³/mol.